The number of nitrogens with zero attached hydrogens (tertiary/aromatic N) is 2. The predicted molar refractivity (Wildman–Crippen MR) is 114 cm³/mol. The highest BCUT2D eigenvalue weighted by molar-refractivity contribution is 7.18. The van der Waals surface area contributed by atoms with Gasteiger partial charge in [0, 0.05) is 18.0 Å². The molecule has 4 aromatic rings. The van der Waals surface area contributed by atoms with E-state index < -0.39 is 0 Å². The van der Waals surface area contributed by atoms with Gasteiger partial charge in [-0.1, -0.05) is 31.2 Å². The van der Waals surface area contributed by atoms with Gasteiger partial charge < -0.3 is 4.42 Å². The Morgan fingerprint density at radius 2 is 2.11 bits per heavy atom. The monoisotopic (exact) mass is 390 g/mol. The highest BCUT2D eigenvalue weighted by Gasteiger charge is 2.29. The van der Waals surface area contributed by atoms with Crippen LogP contribution in [0.15, 0.2) is 57.7 Å². The first kappa shape index (κ1) is 17.6. The summed E-state index contributed by atoms with van der Waals surface area (Å²) in [5.41, 5.74) is 3.72. The maximum Gasteiger partial charge on any atom is 0.336 e. The van der Waals surface area contributed by atoms with Gasteiger partial charge in [0.15, 0.2) is 0 Å². The third-order valence-electron chi connectivity index (χ3n) is 5.64. The van der Waals surface area contributed by atoms with Gasteiger partial charge in [0.05, 0.1) is 16.3 Å². The van der Waals surface area contributed by atoms with Crippen LogP contribution in [0.4, 0.5) is 0 Å². The number of likely N-dealkylation sites (tertiary alicyclic amines) is 1. The summed E-state index contributed by atoms with van der Waals surface area (Å²) < 4.78 is 6.71. The SMILES string of the molecule is CCc1ccc2c(CN3CCCC3c3nc4ccccc4s3)cc(=O)oc2c1. The van der Waals surface area contributed by atoms with Crippen LogP contribution in [-0.4, -0.2) is 16.4 Å². The smallest absolute Gasteiger partial charge is 0.336 e. The number of para-hydroxylation sites is 1. The van der Waals surface area contributed by atoms with Crippen molar-refractivity contribution in [3.8, 4) is 0 Å². The van der Waals surface area contributed by atoms with Crippen molar-refractivity contribution >= 4 is 32.5 Å². The van der Waals surface area contributed by atoms with Crippen LogP contribution in [0.3, 0.4) is 0 Å². The number of hydrogen-bond acceptors (Lipinski definition) is 5. The summed E-state index contributed by atoms with van der Waals surface area (Å²) >= 11 is 1.79. The minimum atomic E-state index is -0.272. The van der Waals surface area contributed by atoms with Crippen molar-refractivity contribution in [1.82, 2.24) is 9.88 Å². The van der Waals surface area contributed by atoms with Crippen molar-refractivity contribution in [3.63, 3.8) is 0 Å². The molecule has 142 valence electrons. The molecule has 3 heterocycles. The van der Waals surface area contributed by atoms with Gasteiger partial charge >= 0.3 is 5.63 Å². The Kier molecular flexibility index (Phi) is 4.49. The molecular formula is C23H22N2O2S. The van der Waals surface area contributed by atoms with E-state index in [1.165, 1.54) is 15.3 Å². The molecule has 0 aliphatic carbocycles. The zero-order valence-electron chi connectivity index (χ0n) is 15.9. The maximum atomic E-state index is 12.2. The fourth-order valence-electron chi connectivity index (χ4n) is 4.17. The van der Waals surface area contributed by atoms with Crippen molar-refractivity contribution in [2.75, 3.05) is 6.54 Å². The van der Waals surface area contributed by atoms with Gasteiger partial charge in [-0.3, -0.25) is 4.90 Å². The standard InChI is InChI=1S/C23H22N2O2S/c1-2-15-9-10-17-16(13-22(26)27-20(17)12-15)14-25-11-5-7-19(25)23-24-18-6-3-4-8-21(18)28-23/h3-4,6,8-10,12-13,19H,2,5,7,11,14H2,1H3. The molecule has 5 rings (SSSR count). The zero-order valence-corrected chi connectivity index (χ0v) is 16.7. The Balaban J connectivity index is 1.50. The Bertz CT molecular complexity index is 1180. The zero-order chi connectivity index (χ0) is 19.1. The van der Waals surface area contributed by atoms with Crippen molar-refractivity contribution < 1.29 is 4.42 Å². The normalized spacial score (nSPS) is 17.7. The van der Waals surface area contributed by atoms with Crippen molar-refractivity contribution in [2.45, 2.75) is 38.8 Å². The first-order valence-electron chi connectivity index (χ1n) is 9.86. The second kappa shape index (κ2) is 7.15. The third-order valence-corrected chi connectivity index (χ3v) is 6.77. The van der Waals surface area contributed by atoms with Crippen LogP contribution in [0, 0.1) is 0 Å². The molecule has 0 radical (unpaired) electrons. The summed E-state index contributed by atoms with van der Waals surface area (Å²) in [5.74, 6) is 0. The summed E-state index contributed by atoms with van der Waals surface area (Å²) in [6.07, 6.45) is 3.19. The number of thiazole rings is 1. The molecule has 1 unspecified atom stereocenters. The first-order chi connectivity index (χ1) is 13.7. The van der Waals surface area contributed by atoms with Crippen LogP contribution in [0.5, 0.6) is 0 Å². The molecule has 1 fully saturated rings. The molecule has 2 aromatic heterocycles. The van der Waals surface area contributed by atoms with E-state index in [0.717, 1.165) is 48.8 Å². The average molecular weight is 391 g/mol. The Hall–Kier alpha value is -2.50. The second-order valence-corrected chi connectivity index (χ2v) is 8.49. The van der Waals surface area contributed by atoms with Gasteiger partial charge in [-0.25, -0.2) is 9.78 Å². The molecule has 1 atom stereocenters. The molecule has 0 spiro atoms. The van der Waals surface area contributed by atoms with E-state index in [2.05, 4.69) is 42.2 Å². The van der Waals surface area contributed by atoms with Crippen molar-refractivity contribution in [1.29, 1.82) is 0 Å². The van der Waals surface area contributed by atoms with Gasteiger partial charge in [-0.15, -0.1) is 11.3 Å². The third kappa shape index (κ3) is 3.15. The van der Waals surface area contributed by atoms with E-state index in [4.69, 9.17) is 9.40 Å². The minimum absolute atomic E-state index is 0.272. The van der Waals surface area contributed by atoms with E-state index in [1.54, 1.807) is 17.4 Å². The first-order valence-corrected chi connectivity index (χ1v) is 10.7. The number of hydrogen-bond donors (Lipinski definition) is 0. The molecule has 1 saturated heterocycles. The Morgan fingerprint density at radius 3 is 2.96 bits per heavy atom. The lowest BCUT2D eigenvalue weighted by Crippen LogP contribution is -2.23. The fourth-order valence-corrected chi connectivity index (χ4v) is 5.31. The van der Waals surface area contributed by atoms with E-state index in [9.17, 15) is 4.79 Å². The van der Waals surface area contributed by atoms with E-state index in [0.29, 0.717) is 11.6 Å². The number of benzene rings is 2. The van der Waals surface area contributed by atoms with Crippen molar-refractivity contribution in [3.05, 3.63) is 75.1 Å². The topological polar surface area (TPSA) is 46.3 Å². The molecule has 0 bridgehead atoms. The lowest BCUT2D eigenvalue weighted by molar-refractivity contribution is 0.248. The molecule has 0 amide bonds. The quantitative estimate of drug-likeness (QED) is 0.444. The summed E-state index contributed by atoms with van der Waals surface area (Å²) in [6.45, 7) is 3.87. The van der Waals surface area contributed by atoms with Crippen molar-refractivity contribution in [2.24, 2.45) is 0 Å². The molecule has 0 N–H and O–H groups in total. The predicted octanol–water partition coefficient (Wildman–Crippen LogP) is 5.30. The molecule has 5 heteroatoms. The van der Waals surface area contributed by atoms with Crippen LogP contribution in [0.25, 0.3) is 21.2 Å². The lowest BCUT2D eigenvalue weighted by Gasteiger charge is -2.23. The lowest BCUT2D eigenvalue weighted by atomic mass is 10.1. The molecule has 0 saturated carbocycles. The average Bonchev–Trinajstić information content (AvgIpc) is 3.33. The van der Waals surface area contributed by atoms with Gasteiger partial charge in [-0.05, 0) is 55.1 Å². The number of aryl methyl sites for hydroxylation is 1. The van der Waals surface area contributed by atoms with E-state index >= 15 is 0 Å². The molecule has 4 nitrogen and oxygen atoms in total. The molecule has 1 aliphatic rings. The molecule has 2 aromatic carbocycles. The van der Waals surface area contributed by atoms with Crippen LogP contribution in [0.2, 0.25) is 0 Å². The van der Waals surface area contributed by atoms with Crippen LogP contribution < -0.4 is 5.63 Å². The maximum absolute atomic E-state index is 12.2. The highest BCUT2D eigenvalue weighted by Crippen LogP contribution is 2.37. The minimum Gasteiger partial charge on any atom is -0.423 e. The van der Waals surface area contributed by atoms with Crippen LogP contribution in [0.1, 0.15) is 41.9 Å². The van der Waals surface area contributed by atoms with Gasteiger partial charge in [-0.2, -0.15) is 0 Å². The van der Waals surface area contributed by atoms with E-state index in [-0.39, 0.29) is 5.63 Å². The highest BCUT2D eigenvalue weighted by atomic mass is 32.1. The van der Waals surface area contributed by atoms with Gasteiger partial charge in [0.1, 0.15) is 10.6 Å². The fraction of sp³-hybridized carbons (Fsp3) is 0.304. The Labute approximate surface area is 167 Å². The summed E-state index contributed by atoms with van der Waals surface area (Å²) in [6, 6.07) is 16.5. The second-order valence-electron chi connectivity index (χ2n) is 7.42. The summed E-state index contributed by atoms with van der Waals surface area (Å²) in [4.78, 5) is 19.5. The van der Waals surface area contributed by atoms with Crippen LogP contribution >= 0.6 is 11.3 Å². The number of fused-ring (bicyclic) bond motifs is 2. The van der Waals surface area contributed by atoms with Gasteiger partial charge in [0.2, 0.25) is 0 Å². The molecular weight excluding hydrogens is 368 g/mol. The summed E-state index contributed by atoms with van der Waals surface area (Å²) in [5, 5.41) is 2.21. The van der Waals surface area contributed by atoms with Crippen LogP contribution in [-0.2, 0) is 13.0 Å². The number of rotatable bonds is 4. The van der Waals surface area contributed by atoms with E-state index in [1.807, 2.05) is 12.1 Å². The largest absolute Gasteiger partial charge is 0.423 e. The Morgan fingerprint density at radius 1 is 1.21 bits per heavy atom. The number of aromatic nitrogens is 1. The molecule has 28 heavy (non-hydrogen) atoms. The molecule has 1 aliphatic heterocycles. The summed E-state index contributed by atoms with van der Waals surface area (Å²) in [7, 11) is 0. The van der Waals surface area contributed by atoms with Gasteiger partial charge in [0.25, 0.3) is 0 Å².